The second kappa shape index (κ2) is 6.22. The Balaban J connectivity index is 1.89. The number of ether oxygens (including phenoxy) is 1. The summed E-state index contributed by atoms with van der Waals surface area (Å²) in [5, 5.41) is 2.75. The van der Waals surface area contributed by atoms with E-state index in [0.29, 0.717) is 18.1 Å². The van der Waals surface area contributed by atoms with Crippen molar-refractivity contribution in [3.63, 3.8) is 0 Å². The van der Waals surface area contributed by atoms with Crippen LogP contribution in [0.1, 0.15) is 18.1 Å². The monoisotopic (exact) mass is 293 g/mol. The largest absolute Gasteiger partial charge is 0.494 e. The molecule has 0 saturated heterocycles. The predicted octanol–water partition coefficient (Wildman–Crippen LogP) is 2.40. The first-order valence-electron chi connectivity index (χ1n) is 7.01. The molecule has 1 N–H and O–H groups in total. The first kappa shape index (κ1) is 14.0. The fourth-order valence-corrected chi connectivity index (χ4v) is 2.13. The maximum Gasteiger partial charge on any atom is 0.275 e. The number of amidine groups is 1. The molecular formula is C17H15N3O2. The molecule has 0 spiro atoms. The van der Waals surface area contributed by atoms with Crippen LogP contribution in [0.5, 0.6) is 5.75 Å². The van der Waals surface area contributed by atoms with E-state index in [1.54, 1.807) is 24.5 Å². The maximum atomic E-state index is 12.0. The minimum Gasteiger partial charge on any atom is -0.494 e. The number of benzene rings is 1. The third kappa shape index (κ3) is 3.03. The summed E-state index contributed by atoms with van der Waals surface area (Å²) in [5.41, 5.74) is 2.02. The Kier molecular flexibility index (Phi) is 3.96. The Morgan fingerprint density at radius 2 is 2.18 bits per heavy atom. The SMILES string of the molecule is CCOc1cccc(/C=C2/N=C(c3cccnc3)NC2=O)c1. The van der Waals surface area contributed by atoms with E-state index in [9.17, 15) is 4.79 Å². The minimum atomic E-state index is -0.222. The average Bonchev–Trinajstić information content (AvgIpc) is 2.90. The minimum absolute atomic E-state index is 0.222. The van der Waals surface area contributed by atoms with E-state index in [4.69, 9.17) is 4.74 Å². The molecule has 0 atom stereocenters. The summed E-state index contributed by atoms with van der Waals surface area (Å²) in [6, 6.07) is 11.2. The van der Waals surface area contributed by atoms with Gasteiger partial charge < -0.3 is 10.1 Å². The Bertz CT molecular complexity index is 752. The van der Waals surface area contributed by atoms with Crippen LogP contribution in [0.15, 0.2) is 59.5 Å². The van der Waals surface area contributed by atoms with Gasteiger partial charge in [0.15, 0.2) is 0 Å². The standard InChI is InChI=1S/C17H15N3O2/c1-2-22-14-7-3-5-12(9-14)10-15-17(21)20-16(19-15)13-6-4-8-18-11-13/h3-11H,2H2,1H3,(H,19,20,21)/b15-10+. The molecule has 2 aromatic rings. The van der Waals surface area contributed by atoms with Crippen molar-refractivity contribution >= 4 is 17.8 Å². The molecule has 1 aliphatic rings. The number of aromatic nitrogens is 1. The highest BCUT2D eigenvalue weighted by Crippen LogP contribution is 2.18. The molecule has 0 fully saturated rings. The van der Waals surface area contributed by atoms with Crippen LogP contribution in [-0.4, -0.2) is 23.3 Å². The lowest BCUT2D eigenvalue weighted by molar-refractivity contribution is -0.115. The van der Waals surface area contributed by atoms with E-state index in [1.807, 2.05) is 37.3 Å². The van der Waals surface area contributed by atoms with Crippen molar-refractivity contribution in [3.05, 3.63) is 65.6 Å². The fraction of sp³-hybridized carbons (Fsp3) is 0.118. The molecule has 1 aromatic carbocycles. The average molecular weight is 293 g/mol. The highest BCUT2D eigenvalue weighted by Gasteiger charge is 2.21. The number of amides is 1. The van der Waals surface area contributed by atoms with Crippen molar-refractivity contribution in [2.24, 2.45) is 4.99 Å². The number of hydrogen-bond donors (Lipinski definition) is 1. The lowest BCUT2D eigenvalue weighted by atomic mass is 10.2. The second-order valence-corrected chi connectivity index (χ2v) is 4.69. The Morgan fingerprint density at radius 1 is 1.27 bits per heavy atom. The van der Waals surface area contributed by atoms with E-state index in [2.05, 4.69) is 15.3 Å². The Morgan fingerprint density at radius 3 is 2.95 bits per heavy atom. The zero-order valence-corrected chi connectivity index (χ0v) is 12.1. The van der Waals surface area contributed by atoms with Crippen molar-refractivity contribution in [1.29, 1.82) is 0 Å². The lowest BCUT2D eigenvalue weighted by Crippen LogP contribution is -2.24. The maximum absolute atomic E-state index is 12.0. The molecule has 0 radical (unpaired) electrons. The van der Waals surface area contributed by atoms with E-state index in [1.165, 1.54) is 0 Å². The Hall–Kier alpha value is -2.95. The molecule has 5 nitrogen and oxygen atoms in total. The van der Waals surface area contributed by atoms with Gasteiger partial charge in [-0.2, -0.15) is 0 Å². The zero-order valence-electron chi connectivity index (χ0n) is 12.1. The van der Waals surface area contributed by atoms with Crippen LogP contribution in [0, 0.1) is 0 Å². The summed E-state index contributed by atoms with van der Waals surface area (Å²) < 4.78 is 5.45. The third-order valence-corrected chi connectivity index (χ3v) is 3.10. The lowest BCUT2D eigenvalue weighted by Gasteiger charge is -2.03. The van der Waals surface area contributed by atoms with E-state index < -0.39 is 0 Å². The smallest absolute Gasteiger partial charge is 0.275 e. The number of nitrogens with one attached hydrogen (secondary N) is 1. The number of rotatable bonds is 4. The van der Waals surface area contributed by atoms with Crippen LogP contribution in [0.4, 0.5) is 0 Å². The molecule has 0 saturated carbocycles. The van der Waals surface area contributed by atoms with Gasteiger partial charge in [0.1, 0.15) is 17.3 Å². The predicted molar refractivity (Wildman–Crippen MR) is 84.5 cm³/mol. The highest BCUT2D eigenvalue weighted by molar-refractivity contribution is 6.19. The van der Waals surface area contributed by atoms with Gasteiger partial charge >= 0.3 is 0 Å². The zero-order chi connectivity index (χ0) is 15.4. The molecular weight excluding hydrogens is 278 g/mol. The van der Waals surface area contributed by atoms with Gasteiger partial charge in [-0.25, -0.2) is 4.99 Å². The molecule has 3 rings (SSSR count). The van der Waals surface area contributed by atoms with Gasteiger partial charge in [0.05, 0.1) is 6.61 Å². The number of hydrogen-bond acceptors (Lipinski definition) is 4. The summed E-state index contributed by atoms with van der Waals surface area (Å²) in [7, 11) is 0. The van der Waals surface area contributed by atoms with E-state index >= 15 is 0 Å². The molecule has 110 valence electrons. The summed E-state index contributed by atoms with van der Waals surface area (Å²) in [5.74, 6) is 1.07. The van der Waals surface area contributed by atoms with Crippen LogP contribution in [-0.2, 0) is 4.79 Å². The van der Waals surface area contributed by atoms with E-state index in [-0.39, 0.29) is 5.91 Å². The number of aliphatic imine (C=N–C) groups is 1. The summed E-state index contributed by atoms with van der Waals surface area (Å²) >= 11 is 0. The van der Waals surface area contributed by atoms with Crippen molar-refractivity contribution in [2.75, 3.05) is 6.61 Å². The quantitative estimate of drug-likeness (QED) is 0.880. The Labute approximate surface area is 128 Å². The number of pyridine rings is 1. The molecule has 22 heavy (non-hydrogen) atoms. The van der Waals surface area contributed by atoms with Crippen molar-refractivity contribution in [2.45, 2.75) is 6.92 Å². The van der Waals surface area contributed by atoms with E-state index in [0.717, 1.165) is 16.9 Å². The third-order valence-electron chi connectivity index (χ3n) is 3.10. The van der Waals surface area contributed by atoms with Gasteiger partial charge in [0.2, 0.25) is 0 Å². The van der Waals surface area contributed by atoms with Gasteiger partial charge in [-0.3, -0.25) is 9.78 Å². The summed E-state index contributed by atoms with van der Waals surface area (Å²) in [6.45, 7) is 2.53. The van der Waals surface area contributed by atoms with Crippen LogP contribution in [0.25, 0.3) is 6.08 Å². The number of carbonyl (C=O) groups is 1. The summed E-state index contributed by atoms with van der Waals surface area (Å²) in [4.78, 5) is 20.4. The number of carbonyl (C=O) groups excluding carboxylic acids is 1. The van der Waals surface area contributed by atoms with Crippen LogP contribution in [0.3, 0.4) is 0 Å². The van der Waals surface area contributed by atoms with Gasteiger partial charge in [-0.15, -0.1) is 0 Å². The molecule has 5 heteroatoms. The molecule has 0 unspecified atom stereocenters. The number of nitrogens with zero attached hydrogens (tertiary/aromatic N) is 2. The fourth-order valence-electron chi connectivity index (χ4n) is 2.13. The molecule has 2 heterocycles. The first-order valence-corrected chi connectivity index (χ1v) is 7.01. The van der Waals surface area contributed by atoms with Crippen LogP contribution in [0.2, 0.25) is 0 Å². The van der Waals surface area contributed by atoms with Gasteiger partial charge in [-0.1, -0.05) is 12.1 Å². The van der Waals surface area contributed by atoms with Crippen molar-refractivity contribution in [3.8, 4) is 5.75 Å². The summed E-state index contributed by atoms with van der Waals surface area (Å²) in [6.07, 6.45) is 5.08. The molecule has 1 aromatic heterocycles. The normalized spacial score (nSPS) is 15.6. The molecule has 1 amide bonds. The van der Waals surface area contributed by atoms with Crippen LogP contribution >= 0.6 is 0 Å². The topological polar surface area (TPSA) is 63.6 Å². The van der Waals surface area contributed by atoms with Crippen molar-refractivity contribution < 1.29 is 9.53 Å². The van der Waals surface area contributed by atoms with Crippen LogP contribution < -0.4 is 10.1 Å². The molecule has 0 aliphatic carbocycles. The molecule has 1 aliphatic heterocycles. The van der Waals surface area contributed by atoms with Gasteiger partial charge in [-0.05, 0) is 42.8 Å². The molecule has 0 bridgehead atoms. The van der Waals surface area contributed by atoms with Gasteiger partial charge in [0, 0.05) is 18.0 Å². The first-order chi connectivity index (χ1) is 10.8. The van der Waals surface area contributed by atoms with Gasteiger partial charge in [0.25, 0.3) is 5.91 Å². The highest BCUT2D eigenvalue weighted by atomic mass is 16.5. The van der Waals surface area contributed by atoms with Crippen molar-refractivity contribution in [1.82, 2.24) is 10.3 Å². The second-order valence-electron chi connectivity index (χ2n) is 4.69.